The highest BCUT2D eigenvalue weighted by Crippen LogP contribution is 2.33. The molecule has 2 aromatic carbocycles. The Morgan fingerprint density at radius 1 is 0.839 bits per heavy atom. The molecule has 1 N–H and O–H groups in total. The summed E-state index contributed by atoms with van der Waals surface area (Å²) in [6.07, 6.45) is 3.72. The van der Waals surface area contributed by atoms with Crippen molar-refractivity contribution in [3.63, 3.8) is 0 Å². The highest BCUT2D eigenvalue weighted by molar-refractivity contribution is 5.46. The summed E-state index contributed by atoms with van der Waals surface area (Å²) in [5.41, 5.74) is 4.52. The van der Waals surface area contributed by atoms with E-state index < -0.39 is 0 Å². The number of rotatable bonds is 6. The number of anilines is 1. The summed E-state index contributed by atoms with van der Waals surface area (Å²) in [6, 6.07) is 20.5. The van der Waals surface area contributed by atoms with E-state index in [4.69, 9.17) is 0 Å². The first kappa shape index (κ1) is 25.4. The van der Waals surface area contributed by atoms with Crippen molar-refractivity contribution in [2.24, 2.45) is 0 Å². The van der Waals surface area contributed by atoms with E-state index in [1.54, 1.807) is 11.1 Å². The highest BCUT2D eigenvalue weighted by atomic mass is 15.3. The van der Waals surface area contributed by atoms with Gasteiger partial charge in [-0.1, -0.05) is 77.1 Å². The van der Waals surface area contributed by atoms with Crippen LogP contribution in [0, 0.1) is 0 Å². The average Bonchev–Trinajstić information content (AvgIpc) is 2.87. The van der Waals surface area contributed by atoms with Gasteiger partial charge in [0.25, 0.3) is 0 Å². The number of benzene rings is 2. The number of hydrogen-bond acceptors (Lipinski definition) is 3. The van der Waals surface area contributed by atoms with Gasteiger partial charge in [-0.15, -0.1) is 0 Å². The third-order valence-corrected chi connectivity index (χ3v) is 6.43. The minimum absolute atomic E-state index is 0.635. The van der Waals surface area contributed by atoms with Crippen LogP contribution in [0.15, 0.2) is 54.6 Å². The van der Waals surface area contributed by atoms with Gasteiger partial charge < -0.3 is 10.2 Å². The Bertz CT molecular complexity index is 707. The molecule has 1 fully saturated rings. The van der Waals surface area contributed by atoms with Crippen molar-refractivity contribution in [2.75, 3.05) is 44.2 Å². The molecule has 2 unspecified atom stereocenters. The van der Waals surface area contributed by atoms with Crippen LogP contribution >= 0.6 is 0 Å². The molecule has 0 aromatic heterocycles. The van der Waals surface area contributed by atoms with Gasteiger partial charge in [-0.3, -0.25) is 4.90 Å². The normalized spacial score (nSPS) is 20.6. The molecule has 0 saturated carbocycles. The van der Waals surface area contributed by atoms with Gasteiger partial charge in [0, 0.05) is 51.0 Å². The Labute approximate surface area is 191 Å². The first-order valence-electron chi connectivity index (χ1n) is 12.7. The molecule has 2 aliphatic rings. The molecule has 172 valence electrons. The van der Waals surface area contributed by atoms with E-state index in [0.29, 0.717) is 12.0 Å². The lowest BCUT2D eigenvalue weighted by Gasteiger charge is -2.37. The van der Waals surface area contributed by atoms with Crippen molar-refractivity contribution in [2.45, 2.75) is 65.8 Å². The van der Waals surface area contributed by atoms with Gasteiger partial charge in [0.1, 0.15) is 0 Å². The van der Waals surface area contributed by atoms with E-state index in [9.17, 15) is 0 Å². The second kappa shape index (κ2) is 14.3. The molecule has 4 rings (SSSR count). The Hall–Kier alpha value is -1.84. The summed E-state index contributed by atoms with van der Waals surface area (Å²) in [5.74, 6) is 0.671. The number of nitrogens with zero attached hydrogens (tertiary/aromatic N) is 2. The molecule has 0 spiro atoms. The van der Waals surface area contributed by atoms with Crippen LogP contribution < -0.4 is 10.2 Å². The summed E-state index contributed by atoms with van der Waals surface area (Å²) in [6.45, 7) is 17.2. The number of fused-ring (bicyclic) bond motifs is 1. The minimum Gasteiger partial charge on any atom is -0.369 e. The van der Waals surface area contributed by atoms with Gasteiger partial charge in [-0.05, 0) is 48.4 Å². The SMILES string of the molecule is CC.CC.CCC1c2ccccc2CCC1NCCN1CCN(c2ccccc2)CC1. The number of aryl methyl sites for hydroxylation is 1. The van der Waals surface area contributed by atoms with Gasteiger partial charge in [-0.2, -0.15) is 0 Å². The molecule has 0 amide bonds. The molecule has 2 aromatic rings. The maximum Gasteiger partial charge on any atom is 0.0367 e. The van der Waals surface area contributed by atoms with E-state index in [2.05, 4.69) is 76.6 Å². The number of para-hydroxylation sites is 1. The average molecular weight is 424 g/mol. The van der Waals surface area contributed by atoms with Gasteiger partial charge in [0.2, 0.25) is 0 Å². The third kappa shape index (κ3) is 7.08. The predicted molar refractivity (Wildman–Crippen MR) is 137 cm³/mol. The van der Waals surface area contributed by atoms with Crippen LogP contribution in [-0.2, 0) is 6.42 Å². The Balaban J connectivity index is 0.000000807. The smallest absolute Gasteiger partial charge is 0.0367 e. The molecule has 1 aliphatic carbocycles. The third-order valence-electron chi connectivity index (χ3n) is 6.43. The lowest BCUT2D eigenvalue weighted by molar-refractivity contribution is 0.248. The van der Waals surface area contributed by atoms with E-state index in [1.807, 2.05) is 27.7 Å². The molecule has 3 heteroatoms. The quantitative estimate of drug-likeness (QED) is 0.618. The van der Waals surface area contributed by atoms with Crippen molar-refractivity contribution >= 4 is 5.69 Å². The topological polar surface area (TPSA) is 18.5 Å². The lowest BCUT2D eigenvalue weighted by Crippen LogP contribution is -2.49. The fraction of sp³-hybridized carbons (Fsp3) is 0.571. The fourth-order valence-corrected chi connectivity index (χ4v) is 4.88. The van der Waals surface area contributed by atoms with Gasteiger partial charge >= 0.3 is 0 Å². The Morgan fingerprint density at radius 3 is 2.16 bits per heavy atom. The van der Waals surface area contributed by atoms with Crippen molar-refractivity contribution in [3.05, 3.63) is 65.7 Å². The predicted octanol–water partition coefficient (Wildman–Crippen LogP) is 5.96. The Kier molecular flexibility index (Phi) is 11.7. The second-order valence-corrected chi connectivity index (χ2v) is 7.98. The molecule has 0 bridgehead atoms. The number of hydrogen-bond donors (Lipinski definition) is 1. The van der Waals surface area contributed by atoms with Crippen molar-refractivity contribution in [1.82, 2.24) is 10.2 Å². The minimum atomic E-state index is 0.635. The summed E-state index contributed by atoms with van der Waals surface area (Å²) in [5, 5.41) is 3.90. The molecule has 3 nitrogen and oxygen atoms in total. The van der Waals surface area contributed by atoms with Crippen molar-refractivity contribution in [3.8, 4) is 0 Å². The summed E-state index contributed by atoms with van der Waals surface area (Å²) < 4.78 is 0. The number of nitrogens with one attached hydrogen (secondary N) is 1. The monoisotopic (exact) mass is 423 g/mol. The summed E-state index contributed by atoms with van der Waals surface area (Å²) >= 11 is 0. The summed E-state index contributed by atoms with van der Waals surface area (Å²) in [4.78, 5) is 5.12. The fourth-order valence-electron chi connectivity index (χ4n) is 4.88. The zero-order valence-electron chi connectivity index (χ0n) is 20.6. The first-order valence-corrected chi connectivity index (χ1v) is 12.7. The van der Waals surface area contributed by atoms with Crippen LogP contribution in [0.3, 0.4) is 0 Å². The van der Waals surface area contributed by atoms with E-state index in [0.717, 1.165) is 26.2 Å². The van der Waals surface area contributed by atoms with Crippen LogP contribution in [0.25, 0.3) is 0 Å². The standard InChI is InChI=1S/C24H33N3.2C2H6/c1-2-22-23-11-7-6-8-20(23)12-13-24(22)25-14-15-26-16-18-27(19-17-26)21-9-4-3-5-10-21;2*1-2/h3-11,22,24-25H,2,12-19H2,1H3;2*1-2H3. The molecular formula is C28H45N3. The van der Waals surface area contributed by atoms with Crippen LogP contribution in [-0.4, -0.2) is 50.2 Å². The van der Waals surface area contributed by atoms with Gasteiger partial charge in [0.15, 0.2) is 0 Å². The zero-order chi connectivity index (χ0) is 22.5. The molecule has 1 saturated heterocycles. The maximum absolute atomic E-state index is 3.90. The van der Waals surface area contributed by atoms with E-state index in [1.165, 1.54) is 38.0 Å². The van der Waals surface area contributed by atoms with E-state index >= 15 is 0 Å². The van der Waals surface area contributed by atoms with Crippen molar-refractivity contribution in [1.29, 1.82) is 0 Å². The molecular weight excluding hydrogens is 378 g/mol. The first-order chi connectivity index (χ1) is 15.3. The largest absolute Gasteiger partial charge is 0.369 e. The molecule has 1 heterocycles. The molecule has 31 heavy (non-hydrogen) atoms. The highest BCUT2D eigenvalue weighted by Gasteiger charge is 2.27. The maximum atomic E-state index is 3.90. The van der Waals surface area contributed by atoms with Crippen LogP contribution in [0.4, 0.5) is 5.69 Å². The lowest BCUT2D eigenvalue weighted by atomic mass is 9.78. The molecule has 0 radical (unpaired) electrons. The number of piperazine rings is 1. The molecule has 2 atom stereocenters. The van der Waals surface area contributed by atoms with E-state index in [-0.39, 0.29) is 0 Å². The van der Waals surface area contributed by atoms with Crippen LogP contribution in [0.2, 0.25) is 0 Å². The Morgan fingerprint density at radius 2 is 1.48 bits per heavy atom. The van der Waals surface area contributed by atoms with Crippen molar-refractivity contribution < 1.29 is 0 Å². The van der Waals surface area contributed by atoms with Crippen LogP contribution in [0.1, 0.15) is 64.5 Å². The molecule has 1 aliphatic heterocycles. The summed E-state index contributed by atoms with van der Waals surface area (Å²) in [7, 11) is 0. The van der Waals surface area contributed by atoms with Gasteiger partial charge in [0.05, 0.1) is 0 Å². The van der Waals surface area contributed by atoms with Crippen LogP contribution in [0.5, 0.6) is 0 Å². The second-order valence-electron chi connectivity index (χ2n) is 7.98. The zero-order valence-corrected chi connectivity index (χ0v) is 20.6. The van der Waals surface area contributed by atoms with Gasteiger partial charge in [-0.25, -0.2) is 0 Å².